The van der Waals surface area contributed by atoms with Crippen LogP contribution in [-0.2, 0) is 6.54 Å². The Bertz CT molecular complexity index is 1010. The van der Waals surface area contributed by atoms with Gasteiger partial charge in [-0.25, -0.2) is 0 Å². The van der Waals surface area contributed by atoms with E-state index in [9.17, 15) is 4.79 Å². The number of aromatic nitrogens is 4. The zero-order valence-corrected chi connectivity index (χ0v) is 10.9. The van der Waals surface area contributed by atoms with Gasteiger partial charge in [0.2, 0.25) is 0 Å². The molecule has 5 heteroatoms. The Labute approximate surface area is 113 Å². The molecule has 0 amide bonds. The van der Waals surface area contributed by atoms with Crippen molar-refractivity contribution in [3.8, 4) is 0 Å². The van der Waals surface area contributed by atoms with E-state index in [0.717, 1.165) is 27.2 Å². The zero-order valence-electron chi connectivity index (χ0n) is 10.9. The molecule has 0 saturated carbocycles. The minimum absolute atomic E-state index is 0.00975. The molecule has 4 rings (SSSR count). The fraction of sp³-hybridized carbons (Fsp3) is 0.133. The van der Waals surface area contributed by atoms with Crippen molar-refractivity contribution in [3.63, 3.8) is 0 Å². The Balaban J connectivity index is 2.39. The second-order valence-electron chi connectivity index (χ2n) is 4.78. The second kappa shape index (κ2) is 3.90. The summed E-state index contributed by atoms with van der Waals surface area (Å²) in [5.41, 5.74) is 1.75. The first-order valence-electron chi connectivity index (χ1n) is 6.55. The van der Waals surface area contributed by atoms with Crippen LogP contribution >= 0.6 is 0 Å². The molecule has 2 aromatic heterocycles. The largest absolute Gasteiger partial charge is 0.295 e. The van der Waals surface area contributed by atoms with Crippen molar-refractivity contribution in [2.75, 3.05) is 0 Å². The predicted molar refractivity (Wildman–Crippen MR) is 78.8 cm³/mol. The van der Waals surface area contributed by atoms with E-state index in [1.807, 2.05) is 37.3 Å². The first-order valence-corrected chi connectivity index (χ1v) is 6.55. The van der Waals surface area contributed by atoms with Gasteiger partial charge in [0.15, 0.2) is 0 Å². The molecule has 2 aromatic carbocycles. The fourth-order valence-corrected chi connectivity index (χ4v) is 2.74. The van der Waals surface area contributed by atoms with E-state index >= 15 is 0 Å². The molecule has 0 radical (unpaired) electrons. The summed E-state index contributed by atoms with van der Waals surface area (Å²) >= 11 is 0. The maximum atomic E-state index is 12.5. The molecule has 2 heterocycles. The van der Waals surface area contributed by atoms with Crippen molar-refractivity contribution in [1.29, 1.82) is 0 Å². The van der Waals surface area contributed by atoms with Crippen LogP contribution in [0.15, 0.2) is 41.3 Å². The number of aryl methyl sites for hydroxylation is 1. The Kier molecular flexibility index (Phi) is 2.18. The predicted octanol–water partition coefficient (Wildman–Crippen LogP) is 2.45. The molecular formula is C15H12N4O. The van der Waals surface area contributed by atoms with Crippen LogP contribution in [0.25, 0.3) is 32.6 Å². The minimum Gasteiger partial charge on any atom is -0.295 e. The molecule has 4 aromatic rings. The lowest BCUT2D eigenvalue weighted by Gasteiger charge is -2.04. The van der Waals surface area contributed by atoms with Crippen molar-refractivity contribution < 1.29 is 0 Å². The summed E-state index contributed by atoms with van der Waals surface area (Å²) in [6.07, 6.45) is 1.66. The van der Waals surface area contributed by atoms with Gasteiger partial charge in [-0.15, -0.1) is 5.10 Å². The Morgan fingerprint density at radius 3 is 2.85 bits per heavy atom. The Hall–Kier alpha value is -2.69. The normalized spacial score (nSPS) is 11.7. The van der Waals surface area contributed by atoms with Crippen LogP contribution in [0.1, 0.15) is 6.92 Å². The molecule has 0 fully saturated rings. The van der Waals surface area contributed by atoms with Crippen LogP contribution in [0.2, 0.25) is 0 Å². The average Bonchev–Trinajstić information content (AvgIpc) is 2.81. The Morgan fingerprint density at radius 2 is 2.00 bits per heavy atom. The third kappa shape index (κ3) is 1.34. The highest BCUT2D eigenvalue weighted by atomic mass is 16.1. The third-order valence-electron chi connectivity index (χ3n) is 3.71. The van der Waals surface area contributed by atoms with Crippen LogP contribution in [0.3, 0.4) is 0 Å². The molecule has 20 heavy (non-hydrogen) atoms. The molecule has 0 atom stereocenters. The topological polar surface area (TPSA) is 63.6 Å². The first kappa shape index (κ1) is 11.2. The van der Waals surface area contributed by atoms with Crippen molar-refractivity contribution in [3.05, 3.63) is 46.9 Å². The van der Waals surface area contributed by atoms with E-state index in [1.54, 1.807) is 10.9 Å². The van der Waals surface area contributed by atoms with E-state index in [1.165, 1.54) is 0 Å². The molecule has 0 saturated heterocycles. The summed E-state index contributed by atoms with van der Waals surface area (Å²) < 4.78 is 1.62. The maximum Gasteiger partial charge on any atom is 0.272 e. The number of H-pyrrole nitrogens is 1. The Morgan fingerprint density at radius 1 is 1.15 bits per heavy atom. The number of nitrogens with one attached hydrogen (secondary N) is 1. The third-order valence-corrected chi connectivity index (χ3v) is 3.71. The quantitative estimate of drug-likeness (QED) is 0.574. The van der Waals surface area contributed by atoms with E-state index < -0.39 is 0 Å². The van der Waals surface area contributed by atoms with Gasteiger partial charge in [0.05, 0.1) is 17.1 Å². The lowest BCUT2D eigenvalue weighted by Crippen LogP contribution is -2.21. The number of rotatable bonds is 1. The van der Waals surface area contributed by atoms with Crippen molar-refractivity contribution >= 4 is 32.6 Å². The summed E-state index contributed by atoms with van der Waals surface area (Å²) in [6, 6.07) is 9.69. The van der Waals surface area contributed by atoms with Crippen LogP contribution < -0.4 is 5.56 Å². The van der Waals surface area contributed by atoms with Gasteiger partial charge < -0.3 is 0 Å². The standard InChI is InChI=1S/C15H12N4O/c1-2-19-15(20)11-4-3-9-7-8-16-17-14(9)10-5-6-12(18-19)13(10)11/h3-8,18H,2H2,1H3. The van der Waals surface area contributed by atoms with E-state index in [-0.39, 0.29) is 5.56 Å². The van der Waals surface area contributed by atoms with E-state index in [2.05, 4.69) is 15.3 Å². The summed E-state index contributed by atoms with van der Waals surface area (Å²) in [5.74, 6) is 0. The highest BCUT2D eigenvalue weighted by Gasteiger charge is 2.11. The smallest absolute Gasteiger partial charge is 0.272 e. The van der Waals surface area contributed by atoms with Crippen LogP contribution in [0, 0.1) is 0 Å². The summed E-state index contributed by atoms with van der Waals surface area (Å²) in [7, 11) is 0. The van der Waals surface area contributed by atoms with E-state index in [4.69, 9.17) is 0 Å². The molecule has 0 aliphatic carbocycles. The maximum absolute atomic E-state index is 12.5. The number of aromatic amines is 1. The monoisotopic (exact) mass is 264 g/mol. The molecule has 0 aliphatic rings. The molecule has 98 valence electrons. The van der Waals surface area contributed by atoms with Gasteiger partial charge in [0.1, 0.15) is 5.52 Å². The van der Waals surface area contributed by atoms with Gasteiger partial charge in [-0.1, -0.05) is 6.07 Å². The lowest BCUT2D eigenvalue weighted by molar-refractivity contribution is 0.634. The molecule has 0 aliphatic heterocycles. The van der Waals surface area contributed by atoms with Crippen molar-refractivity contribution in [1.82, 2.24) is 20.0 Å². The number of hydrogen-bond donors (Lipinski definition) is 1. The highest BCUT2D eigenvalue weighted by Crippen LogP contribution is 2.28. The molecule has 0 unspecified atom stereocenters. The number of hydrogen-bond acceptors (Lipinski definition) is 3. The van der Waals surface area contributed by atoms with Crippen LogP contribution in [-0.4, -0.2) is 20.0 Å². The molecule has 0 bridgehead atoms. The van der Waals surface area contributed by atoms with E-state index in [0.29, 0.717) is 11.9 Å². The van der Waals surface area contributed by atoms with Crippen molar-refractivity contribution in [2.24, 2.45) is 0 Å². The first-order chi connectivity index (χ1) is 9.79. The summed E-state index contributed by atoms with van der Waals surface area (Å²) in [5, 5.41) is 14.9. The lowest BCUT2D eigenvalue weighted by atomic mass is 10.2. The molecule has 0 spiro atoms. The molecule has 1 N–H and O–H groups in total. The highest BCUT2D eigenvalue weighted by molar-refractivity contribution is 6.17. The second-order valence-corrected chi connectivity index (χ2v) is 4.78. The SMILES string of the molecule is CCn1[nH]c2ccc3c4nnccc4ccc(c1=O)c23. The summed E-state index contributed by atoms with van der Waals surface area (Å²) in [6.45, 7) is 2.56. The number of fused-ring (bicyclic) bond motifs is 2. The average molecular weight is 264 g/mol. The van der Waals surface area contributed by atoms with Gasteiger partial charge in [-0.3, -0.25) is 14.6 Å². The summed E-state index contributed by atoms with van der Waals surface area (Å²) in [4.78, 5) is 12.5. The fourth-order valence-electron chi connectivity index (χ4n) is 2.74. The van der Waals surface area contributed by atoms with Gasteiger partial charge in [0, 0.05) is 22.7 Å². The van der Waals surface area contributed by atoms with Gasteiger partial charge in [-0.05, 0) is 31.2 Å². The number of nitrogens with zero attached hydrogens (tertiary/aromatic N) is 3. The van der Waals surface area contributed by atoms with Gasteiger partial charge in [0.25, 0.3) is 5.56 Å². The van der Waals surface area contributed by atoms with Crippen LogP contribution in [0.5, 0.6) is 0 Å². The molecular weight excluding hydrogens is 252 g/mol. The van der Waals surface area contributed by atoms with Crippen LogP contribution in [0.4, 0.5) is 0 Å². The van der Waals surface area contributed by atoms with Gasteiger partial charge >= 0.3 is 0 Å². The van der Waals surface area contributed by atoms with Crippen molar-refractivity contribution in [2.45, 2.75) is 13.5 Å². The van der Waals surface area contributed by atoms with Gasteiger partial charge in [-0.2, -0.15) is 5.10 Å². The zero-order chi connectivity index (χ0) is 13.7. The minimum atomic E-state index is -0.00975. The molecule has 5 nitrogen and oxygen atoms in total.